The minimum atomic E-state index is -0.567. The van der Waals surface area contributed by atoms with Gasteiger partial charge >= 0.3 is 0 Å². The number of benzene rings is 1. The van der Waals surface area contributed by atoms with Crippen molar-refractivity contribution in [3.63, 3.8) is 0 Å². The highest BCUT2D eigenvalue weighted by molar-refractivity contribution is 5.85. The molecule has 1 aliphatic rings. The molecule has 0 radical (unpaired) electrons. The van der Waals surface area contributed by atoms with Gasteiger partial charge < -0.3 is 10.6 Å². The van der Waals surface area contributed by atoms with E-state index >= 15 is 0 Å². The highest BCUT2D eigenvalue weighted by atomic mass is 35.5. The third-order valence-corrected chi connectivity index (χ3v) is 2.70. The molecule has 1 aromatic carbocycles. The van der Waals surface area contributed by atoms with Gasteiger partial charge in [0.1, 0.15) is 0 Å². The fourth-order valence-electron chi connectivity index (χ4n) is 1.95. The lowest BCUT2D eigenvalue weighted by molar-refractivity contribution is -0.384. The van der Waals surface area contributed by atoms with E-state index in [1.807, 2.05) is 0 Å². The molecule has 0 aliphatic carbocycles. The number of hydrogen-bond donors (Lipinski definition) is 1. The maximum atomic E-state index is 13.6. The molecule has 0 spiro atoms. The Balaban J connectivity index is 0.00000144. The van der Waals surface area contributed by atoms with Crippen LogP contribution in [0.5, 0.6) is 0 Å². The lowest BCUT2D eigenvalue weighted by atomic mass is 10.2. The molecule has 7 heteroatoms. The summed E-state index contributed by atoms with van der Waals surface area (Å²) < 4.78 is 13.6. The molecule has 0 aromatic heterocycles. The van der Waals surface area contributed by atoms with E-state index in [0.717, 1.165) is 6.42 Å². The van der Waals surface area contributed by atoms with Crippen molar-refractivity contribution in [1.82, 2.24) is 0 Å². The molecule has 1 heterocycles. The van der Waals surface area contributed by atoms with Crippen LogP contribution in [-0.2, 0) is 0 Å². The zero-order chi connectivity index (χ0) is 11.7. The van der Waals surface area contributed by atoms with Crippen LogP contribution >= 0.6 is 12.4 Å². The van der Waals surface area contributed by atoms with E-state index in [9.17, 15) is 14.5 Å². The summed E-state index contributed by atoms with van der Waals surface area (Å²) in [5, 5.41) is 10.8. The molecule has 1 aromatic rings. The second kappa shape index (κ2) is 5.29. The summed E-state index contributed by atoms with van der Waals surface area (Å²) in [6.07, 6.45) is 0.728. The number of nitrogens with two attached hydrogens (primary N) is 1. The van der Waals surface area contributed by atoms with Gasteiger partial charge in [-0.3, -0.25) is 10.1 Å². The van der Waals surface area contributed by atoms with Crippen LogP contribution in [0.2, 0.25) is 0 Å². The van der Waals surface area contributed by atoms with Crippen LogP contribution in [0.1, 0.15) is 6.42 Å². The first-order valence-corrected chi connectivity index (χ1v) is 5.03. The van der Waals surface area contributed by atoms with Gasteiger partial charge in [0.2, 0.25) is 0 Å². The van der Waals surface area contributed by atoms with Crippen LogP contribution in [0.4, 0.5) is 15.8 Å². The molecular formula is C10H13ClFN3O2. The predicted molar refractivity (Wildman–Crippen MR) is 65.1 cm³/mol. The number of rotatable bonds is 2. The summed E-state index contributed by atoms with van der Waals surface area (Å²) in [5.74, 6) is -0.566. The van der Waals surface area contributed by atoms with Crippen LogP contribution in [0, 0.1) is 15.9 Å². The molecule has 2 N–H and O–H groups in total. The van der Waals surface area contributed by atoms with E-state index in [-0.39, 0.29) is 29.8 Å². The minimum Gasteiger partial charge on any atom is -0.362 e. The molecule has 0 unspecified atom stereocenters. The van der Waals surface area contributed by atoms with Gasteiger partial charge in [-0.05, 0) is 12.5 Å². The second-order valence-corrected chi connectivity index (χ2v) is 3.86. The molecule has 94 valence electrons. The van der Waals surface area contributed by atoms with E-state index in [2.05, 4.69) is 0 Å². The van der Waals surface area contributed by atoms with Crippen LogP contribution in [0.15, 0.2) is 18.2 Å². The van der Waals surface area contributed by atoms with Crippen LogP contribution in [0.25, 0.3) is 0 Å². The van der Waals surface area contributed by atoms with Crippen molar-refractivity contribution in [3.8, 4) is 0 Å². The topological polar surface area (TPSA) is 72.4 Å². The molecule has 1 atom stereocenters. The van der Waals surface area contributed by atoms with Crippen molar-refractivity contribution in [2.45, 2.75) is 12.5 Å². The van der Waals surface area contributed by atoms with Crippen molar-refractivity contribution in [2.24, 2.45) is 5.73 Å². The van der Waals surface area contributed by atoms with Gasteiger partial charge in [-0.15, -0.1) is 12.4 Å². The zero-order valence-electron chi connectivity index (χ0n) is 9.01. The second-order valence-electron chi connectivity index (χ2n) is 3.86. The monoisotopic (exact) mass is 261 g/mol. The van der Waals surface area contributed by atoms with E-state index in [0.29, 0.717) is 13.1 Å². The highest BCUT2D eigenvalue weighted by Crippen LogP contribution is 2.32. The molecule has 1 saturated heterocycles. The summed E-state index contributed by atoms with van der Waals surface area (Å²) in [5.41, 5.74) is 5.56. The number of nitro benzene ring substituents is 1. The zero-order valence-corrected chi connectivity index (χ0v) is 9.82. The normalized spacial score (nSPS) is 18.9. The van der Waals surface area contributed by atoms with Crippen molar-refractivity contribution >= 4 is 23.8 Å². The SMILES string of the molecule is Cl.N[C@H]1CCN(c2c(F)cccc2[N+](=O)[O-])C1. The quantitative estimate of drug-likeness (QED) is 0.650. The minimum absolute atomic E-state index is 0. The van der Waals surface area contributed by atoms with E-state index in [4.69, 9.17) is 5.73 Å². The van der Waals surface area contributed by atoms with Gasteiger partial charge in [-0.25, -0.2) is 4.39 Å². The predicted octanol–water partition coefficient (Wildman–Crippen LogP) is 1.69. The number of nitrogens with zero attached hydrogens (tertiary/aromatic N) is 2. The van der Waals surface area contributed by atoms with Crippen molar-refractivity contribution in [1.29, 1.82) is 0 Å². The Labute approximate surface area is 104 Å². The Bertz CT molecular complexity index is 430. The van der Waals surface area contributed by atoms with E-state index in [1.54, 1.807) is 4.90 Å². The van der Waals surface area contributed by atoms with Gasteiger partial charge in [0.25, 0.3) is 5.69 Å². The Hall–Kier alpha value is -1.40. The summed E-state index contributed by atoms with van der Waals surface area (Å²) in [6.45, 7) is 1.02. The molecule has 1 aliphatic heterocycles. The summed E-state index contributed by atoms with van der Waals surface area (Å²) in [7, 11) is 0. The molecule has 0 saturated carbocycles. The third kappa shape index (κ3) is 2.65. The lowest BCUT2D eigenvalue weighted by Crippen LogP contribution is -2.27. The standard InChI is InChI=1S/C10H12FN3O2.ClH/c11-8-2-1-3-9(14(15)16)10(8)13-5-4-7(12)6-13;/h1-3,7H,4-6,12H2;1H/t7-;/m0./s1. The smallest absolute Gasteiger partial charge is 0.295 e. The van der Waals surface area contributed by atoms with E-state index in [1.165, 1.54) is 18.2 Å². The fourth-order valence-corrected chi connectivity index (χ4v) is 1.95. The number of para-hydroxylation sites is 1. The lowest BCUT2D eigenvalue weighted by Gasteiger charge is -2.18. The molecule has 0 amide bonds. The van der Waals surface area contributed by atoms with Gasteiger partial charge in [0, 0.05) is 25.2 Å². The molecule has 17 heavy (non-hydrogen) atoms. The first kappa shape index (κ1) is 13.7. The van der Waals surface area contributed by atoms with Crippen LogP contribution in [-0.4, -0.2) is 24.1 Å². The van der Waals surface area contributed by atoms with Crippen LogP contribution < -0.4 is 10.6 Å². The molecule has 1 fully saturated rings. The summed E-state index contributed by atoms with van der Waals surface area (Å²) >= 11 is 0. The molecule has 5 nitrogen and oxygen atoms in total. The average Bonchev–Trinajstić information content (AvgIpc) is 2.64. The maximum Gasteiger partial charge on any atom is 0.295 e. The first-order valence-electron chi connectivity index (χ1n) is 5.03. The maximum absolute atomic E-state index is 13.6. The van der Waals surface area contributed by atoms with Crippen molar-refractivity contribution in [2.75, 3.05) is 18.0 Å². The number of anilines is 1. The van der Waals surface area contributed by atoms with E-state index < -0.39 is 10.7 Å². The Morgan fingerprint density at radius 3 is 2.76 bits per heavy atom. The Morgan fingerprint density at radius 1 is 1.53 bits per heavy atom. The first-order chi connectivity index (χ1) is 7.59. The molecule has 0 bridgehead atoms. The van der Waals surface area contributed by atoms with Gasteiger partial charge in [0.05, 0.1) is 4.92 Å². The Morgan fingerprint density at radius 2 is 2.24 bits per heavy atom. The molecular weight excluding hydrogens is 249 g/mol. The van der Waals surface area contributed by atoms with Crippen molar-refractivity contribution in [3.05, 3.63) is 34.1 Å². The number of halogens is 2. The fraction of sp³-hybridized carbons (Fsp3) is 0.400. The third-order valence-electron chi connectivity index (χ3n) is 2.70. The Kier molecular flexibility index (Phi) is 4.25. The largest absolute Gasteiger partial charge is 0.362 e. The summed E-state index contributed by atoms with van der Waals surface area (Å²) in [4.78, 5) is 11.9. The number of hydrogen-bond acceptors (Lipinski definition) is 4. The van der Waals surface area contributed by atoms with Crippen molar-refractivity contribution < 1.29 is 9.31 Å². The molecule has 2 rings (SSSR count). The number of nitro groups is 1. The van der Waals surface area contributed by atoms with Gasteiger partial charge in [0.15, 0.2) is 11.5 Å². The van der Waals surface area contributed by atoms with Gasteiger partial charge in [-0.1, -0.05) is 6.07 Å². The van der Waals surface area contributed by atoms with Crippen LogP contribution in [0.3, 0.4) is 0 Å². The summed E-state index contributed by atoms with van der Waals surface area (Å²) in [6, 6.07) is 3.83. The highest BCUT2D eigenvalue weighted by Gasteiger charge is 2.28. The average molecular weight is 262 g/mol. The van der Waals surface area contributed by atoms with Gasteiger partial charge in [-0.2, -0.15) is 0 Å².